The van der Waals surface area contributed by atoms with Gasteiger partial charge in [-0.1, -0.05) is 0 Å². The Kier molecular flexibility index (Phi) is 6.55. The Bertz CT molecular complexity index is 1470. The second kappa shape index (κ2) is 9.82. The molecule has 5 rings (SSSR count). The van der Waals surface area contributed by atoms with Gasteiger partial charge in [0.05, 0.1) is 11.2 Å². The fourth-order valence-electron chi connectivity index (χ4n) is 5.59. The minimum Gasteiger partial charge on any atom is -0.369 e. The summed E-state index contributed by atoms with van der Waals surface area (Å²) in [5, 5.41) is 19.3. The van der Waals surface area contributed by atoms with Gasteiger partial charge < -0.3 is 14.4 Å². The number of anilines is 2. The summed E-state index contributed by atoms with van der Waals surface area (Å²) in [6, 6.07) is 11.3. The highest BCUT2D eigenvalue weighted by Crippen LogP contribution is 2.38. The number of benzene rings is 1. The molecule has 0 unspecified atom stereocenters. The molecule has 2 heterocycles. The molecule has 0 atom stereocenters. The molecule has 2 aromatic heterocycles. The number of pyridine rings is 2. The number of nitrogens with zero attached hydrogens (tertiary/aromatic N) is 6. The Morgan fingerprint density at radius 3 is 2.24 bits per heavy atom. The molecule has 0 N–H and O–H groups in total. The second-order valence-electron chi connectivity index (χ2n) is 10.2. The first-order valence-corrected chi connectivity index (χ1v) is 12.6. The Morgan fingerprint density at radius 2 is 1.65 bits per heavy atom. The van der Waals surface area contributed by atoms with Crippen LogP contribution in [0.2, 0.25) is 0 Å². The van der Waals surface area contributed by atoms with Gasteiger partial charge in [-0.2, -0.15) is 10.5 Å². The van der Waals surface area contributed by atoms with E-state index in [1.54, 1.807) is 19.2 Å². The fraction of sp³-hybridized carbons (Fsp3) is 0.429. The van der Waals surface area contributed by atoms with E-state index in [9.17, 15) is 24.1 Å². The average molecular weight is 503 g/mol. The van der Waals surface area contributed by atoms with E-state index in [0.717, 1.165) is 51.1 Å². The SMILES string of the molecule is Cn1c(=O)c(C#N)c(N(C)[C@H]2CC[C@H](N(CC3CC3)c3cc(F)cc(F)c3)CC2)c2nc(C#N)ccc21. The first-order valence-electron chi connectivity index (χ1n) is 12.6. The lowest BCUT2D eigenvalue weighted by atomic mass is 9.88. The van der Waals surface area contributed by atoms with Gasteiger partial charge in [0.2, 0.25) is 0 Å². The van der Waals surface area contributed by atoms with Crippen molar-refractivity contribution < 1.29 is 8.78 Å². The minimum absolute atomic E-state index is 0.00723. The zero-order chi connectivity index (χ0) is 26.3. The quantitative estimate of drug-likeness (QED) is 0.489. The van der Waals surface area contributed by atoms with Crippen LogP contribution in [-0.2, 0) is 7.05 Å². The van der Waals surface area contributed by atoms with Crippen molar-refractivity contribution in [2.45, 2.75) is 50.6 Å². The van der Waals surface area contributed by atoms with Crippen LogP contribution in [-0.4, -0.2) is 35.2 Å². The Morgan fingerprint density at radius 1 is 1.00 bits per heavy atom. The first kappa shape index (κ1) is 24.7. The lowest BCUT2D eigenvalue weighted by Gasteiger charge is -2.41. The third-order valence-corrected chi connectivity index (χ3v) is 7.78. The molecule has 37 heavy (non-hydrogen) atoms. The number of rotatable bonds is 6. The standard InChI is InChI=1S/C28H28F2N6O/c1-34(27-24(15-32)28(37)35(2)25-10-5-20(14-31)33-26(25)27)21-6-8-22(9-7-21)36(16-17-3-4-17)23-12-18(29)11-19(30)13-23/h5,10-13,17,21-22H,3-4,6-9,16H2,1-2H3/t21-,22-. The molecular formula is C28H28F2N6O. The molecule has 0 spiro atoms. The van der Waals surface area contributed by atoms with Gasteiger partial charge in [-0.15, -0.1) is 0 Å². The van der Waals surface area contributed by atoms with E-state index >= 15 is 0 Å². The van der Waals surface area contributed by atoms with Gasteiger partial charge in [0, 0.05) is 44.5 Å². The van der Waals surface area contributed by atoms with E-state index < -0.39 is 17.2 Å². The van der Waals surface area contributed by atoms with Gasteiger partial charge in [-0.05, 0) is 68.7 Å². The highest BCUT2D eigenvalue weighted by atomic mass is 19.1. The largest absolute Gasteiger partial charge is 0.369 e. The summed E-state index contributed by atoms with van der Waals surface area (Å²) in [7, 11) is 3.46. The molecule has 0 saturated heterocycles. The fourth-order valence-corrected chi connectivity index (χ4v) is 5.59. The molecule has 0 aliphatic heterocycles. The number of aryl methyl sites for hydroxylation is 1. The number of hydrogen-bond donors (Lipinski definition) is 0. The molecule has 0 bridgehead atoms. The maximum absolute atomic E-state index is 14.0. The third kappa shape index (κ3) is 4.74. The van der Waals surface area contributed by atoms with Crippen LogP contribution in [0.5, 0.6) is 0 Å². The molecule has 2 saturated carbocycles. The molecule has 9 heteroatoms. The number of nitriles is 2. The van der Waals surface area contributed by atoms with Crippen LogP contribution in [0.15, 0.2) is 35.1 Å². The molecule has 2 aliphatic rings. The summed E-state index contributed by atoms with van der Waals surface area (Å²) in [5.41, 5.74) is 1.86. The highest BCUT2D eigenvalue weighted by molar-refractivity contribution is 5.92. The molecule has 2 aliphatic carbocycles. The Balaban J connectivity index is 1.44. The van der Waals surface area contributed by atoms with Crippen molar-refractivity contribution in [1.82, 2.24) is 9.55 Å². The maximum Gasteiger partial charge on any atom is 0.270 e. The lowest BCUT2D eigenvalue weighted by molar-refractivity contribution is 0.364. The highest BCUT2D eigenvalue weighted by Gasteiger charge is 2.34. The van der Waals surface area contributed by atoms with Gasteiger partial charge in [0.15, 0.2) is 0 Å². The molecule has 0 amide bonds. The van der Waals surface area contributed by atoms with Crippen molar-refractivity contribution in [3.05, 3.63) is 63.6 Å². The maximum atomic E-state index is 14.0. The summed E-state index contributed by atoms with van der Waals surface area (Å²) < 4.78 is 29.4. The normalized spacial score (nSPS) is 19.3. The molecule has 190 valence electrons. The summed E-state index contributed by atoms with van der Waals surface area (Å²) in [5.74, 6) is -0.595. The van der Waals surface area contributed by atoms with Crippen LogP contribution in [0, 0.1) is 40.2 Å². The van der Waals surface area contributed by atoms with Crippen LogP contribution in [0.25, 0.3) is 11.0 Å². The minimum atomic E-state index is -0.574. The van der Waals surface area contributed by atoms with Gasteiger partial charge in [-0.3, -0.25) is 4.79 Å². The Labute approximate surface area is 214 Å². The van der Waals surface area contributed by atoms with Crippen LogP contribution in [0.1, 0.15) is 49.8 Å². The van der Waals surface area contributed by atoms with Crippen LogP contribution >= 0.6 is 0 Å². The summed E-state index contributed by atoms with van der Waals surface area (Å²) in [6.45, 7) is 0.785. The van der Waals surface area contributed by atoms with Crippen molar-refractivity contribution in [1.29, 1.82) is 10.5 Å². The Hall–Kier alpha value is -3.98. The van der Waals surface area contributed by atoms with Crippen molar-refractivity contribution in [2.75, 3.05) is 23.4 Å². The summed E-state index contributed by atoms with van der Waals surface area (Å²) >= 11 is 0. The average Bonchev–Trinajstić information content (AvgIpc) is 3.72. The zero-order valence-electron chi connectivity index (χ0n) is 20.9. The second-order valence-corrected chi connectivity index (χ2v) is 10.2. The van der Waals surface area contributed by atoms with E-state index in [1.165, 1.54) is 16.7 Å². The molecule has 3 aromatic rings. The number of halogens is 2. The molecule has 2 fully saturated rings. The smallest absolute Gasteiger partial charge is 0.270 e. The third-order valence-electron chi connectivity index (χ3n) is 7.78. The van der Waals surface area contributed by atoms with Gasteiger partial charge in [0.1, 0.15) is 40.5 Å². The molecule has 0 radical (unpaired) electrons. The van der Waals surface area contributed by atoms with Crippen molar-refractivity contribution in [2.24, 2.45) is 13.0 Å². The predicted octanol–water partition coefficient (Wildman–Crippen LogP) is 4.62. The first-order chi connectivity index (χ1) is 17.8. The molecular weight excluding hydrogens is 474 g/mol. The van der Waals surface area contributed by atoms with E-state index in [2.05, 4.69) is 16.0 Å². The van der Waals surface area contributed by atoms with Crippen LogP contribution in [0.3, 0.4) is 0 Å². The van der Waals surface area contributed by atoms with E-state index in [4.69, 9.17) is 0 Å². The number of hydrogen-bond acceptors (Lipinski definition) is 6. The number of fused-ring (bicyclic) bond motifs is 1. The van der Waals surface area contributed by atoms with Crippen molar-refractivity contribution >= 4 is 22.4 Å². The van der Waals surface area contributed by atoms with E-state index in [-0.39, 0.29) is 23.3 Å². The molecule has 7 nitrogen and oxygen atoms in total. The van der Waals surface area contributed by atoms with Crippen molar-refractivity contribution in [3.63, 3.8) is 0 Å². The van der Waals surface area contributed by atoms with E-state index in [1.807, 2.05) is 18.0 Å². The van der Waals surface area contributed by atoms with Crippen molar-refractivity contribution in [3.8, 4) is 12.1 Å². The van der Waals surface area contributed by atoms with E-state index in [0.29, 0.717) is 28.3 Å². The topological polar surface area (TPSA) is 88.9 Å². The summed E-state index contributed by atoms with van der Waals surface area (Å²) in [4.78, 5) is 21.6. The summed E-state index contributed by atoms with van der Waals surface area (Å²) in [6.07, 6.45) is 5.44. The van der Waals surface area contributed by atoms with Gasteiger partial charge in [0.25, 0.3) is 5.56 Å². The predicted molar refractivity (Wildman–Crippen MR) is 137 cm³/mol. The molecule has 1 aromatic carbocycles. The monoisotopic (exact) mass is 502 g/mol. The number of aromatic nitrogens is 2. The van der Waals surface area contributed by atoms with Gasteiger partial charge >= 0.3 is 0 Å². The van der Waals surface area contributed by atoms with Crippen LogP contribution in [0.4, 0.5) is 20.2 Å². The zero-order valence-corrected chi connectivity index (χ0v) is 20.9. The lowest BCUT2D eigenvalue weighted by Crippen LogP contribution is -2.44. The van der Waals surface area contributed by atoms with Gasteiger partial charge in [-0.25, -0.2) is 13.8 Å². The van der Waals surface area contributed by atoms with Crippen LogP contribution < -0.4 is 15.4 Å².